The lowest BCUT2D eigenvalue weighted by Gasteiger charge is -2.05. The molecule has 0 aliphatic rings. The van der Waals surface area contributed by atoms with E-state index in [-0.39, 0.29) is 23.0 Å². The van der Waals surface area contributed by atoms with Crippen LogP contribution in [0.2, 0.25) is 0 Å². The monoisotopic (exact) mass is 363 g/mol. The van der Waals surface area contributed by atoms with Crippen LogP contribution in [-0.2, 0) is 11.3 Å². The third kappa shape index (κ3) is 3.74. The van der Waals surface area contributed by atoms with Crippen LogP contribution in [0.25, 0.3) is 11.4 Å². The first kappa shape index (κ1) is 16.5. The number of nitrogens with two attached hydrogens (primary N) is 1. The molecule has 2 heterocycles. The summed E-state index contributed by atoms with van der Waals surface area (Å²) in [6.07, 6.45) is 0. The topological polar surface area (TPSA) is 85.8 Å². The van der Waals surface area contributed by atoms with Crippen LogP contribution in [0.4, 0.5) is 4.39 Å². The Morgan fingerprint density at radius 1 is 1.29 bits per heavy atom. The van der Waals surface area contributed by atoms with Gasteiger partial charge in [-0.25, -0.2) is 9.07 Å². The Balaban J connectivity index is 1.60. The molecule has 0 bridgehead atoms. The van der Waals surface area contributed by atoms with Crippen molar-refractivity contribution in [1.82, 2.24) is 20.2 Å². The van der Waals surface area contributed by atoms with Gasteiger partial charge in [0.25, 0.3) is 0 Å². The second-order valence-corrected chi connectivity index (χ2v) is 6.78. The number of nitrogens with zero attached hydrogens (tertiary/aromatic N) is 3. The van der Waals surface area contributed by atoms with Gasteiger partial charge in [0.2, 0.25) is 11.1 Å². The van der Waals surface area contributed by atoms with Crippen LogP contribution in [-0.4, -0.2) is 26.5 Å². The Labute approximate surface area is 145 Å². The molecule has 0 aliphatic heterocycles. The second kappa shape index (κ2) is 7.45. The molecule has 1 amide bonds. The number of benzene rings is 1. The van der Waals surface area contributed by atoms with Crippen LogP contribution < -0.4 is 11.2 Å². The molecule has 24 heavy (non-hydrogen) atoms. The highest BCUT2D eigenvalue weighted by Crippen LogP contribution is 2.23. The number of hydrogen-bond donors (Lipinski definition) is 2. The summed E-state index contributed by atoms with van der Waals surface area (Å²) in [5.41, 5.74) is 0.265. The van der Waals surface area contributed by atoms with Crippen molar-refractivity contribution in [3.63, 3.8) is 0 Å². The van der Waals surface area contributed by atoms with Crippen molar-refractivity contribution in [2.24, 2.45) is 0 Å². The van der Waals surface area contributed by atoms with E-state index in [4.69, 9.17) is 5.84 Å². The van der Waals surface area contributed by atoms with E-state index in [1.807, 2.05) is 17.5 Å². The molecular weight excluding hydrogens is 349 g/mol. The van der Waals surface area contributed by atoms with E-state index in [9.17, 15) is 9.18 Å². The van der Waals surface area contributed by atoms with Crippen LogP contribution in [0.15, 0.2) is 46.9 Å². The minimum absolute atomic E-state index is 0.135. The third-order valence-electron chi connectivity index (χ3n) is 3.15. The second-order valence-electron chi connectivity index (χ2n) is 4.80. The number of amides is 1. The number of thioether (sulfide) groups is 1. The van der Waals surface area contributed by atoms with Gasteiger partial charge in [-0.15, -0.1) is 21.5 Å². The Hall–Kier alpha value is -2.39. The van der Waals surface area contributed by atoms with Crippen LogP contribution in [0, 0.1) is 5.82 Å². The molecule has 9 heteroatoms. The van der Waals surface area contributed by atoms with Crippen molar-refractivity contribution in [2.45, 2.75) is 11.7 Å². The highest BCUT2D eigenvalue weighted by molar-refractivity contribution is 7.99. The Morgan fingerprint density at radius 2 is 2.12 bits per heavy atom. The lowest BCUT2D eigenvalue weighted by molar-refractivity contribution is -0.118. The van der Waals surface area contributed by atoms with Gasteiger partial charge in [-0.1, -0.05) is 30.0 Å². The number of halogens is 1. The fourth-order valence-electron chi connectivity index (χ4n) is 1.98. The molecule has 0 saturated heterocycles. The number of aromatic nitrogens is 3. The minimum Gasteiger partial charge on any atom is -0.350 e. The predicted molar refractivity (Wildman–Crippen MR) is 92.5 cm³/mol. The molecule has 3 aromatic rings. The third-order valence-corrected chi connectivity index (χ3v) is 4.97. The zero-order chi connectivity index (χ0) is 16.9. The van der Waals surface area contributed by atoms with Gasteiger partial charge in [0.15, 0.2) is 5.82 Å². The smallest absolute Gasteiger partial charge is 0.230 e. The average Bonchev–Trinajstić information content (AvgIpc) is 3.22. The normalized spacial score (nSPS) is 10.7. The summed E-state index contributed by atoms with van der Waals surface area (Å²) in [4.78, 5) is 12.9. The van der Waals surface area contributed by atoms with Crippen molar-refractivity contribution in [3.8, 4) is 11.4 Å². The van der Waals surface area contributed by atoms with Crippen LogP contribution in [0.1, 0.15) is 4.88 Å². The molecule has 0 atom stereocenters. The first-order valence-corrected chi connectivity index (χ1v) is 8.89. The number of carbonyl (C=O) groups is 1. The number of rotatable bonds is 6. The lowest BCUT2D eigenvalue weighted by atomic mass is 10.2. The van der Waals surface area contributed by atoms with E-state index in [0.29, 0.717) is 11.7 Å². The maximum atomic E-state index is 13.8. The molecule has 0 saturated carbocycles. The molecule has 0 radical (unpaired) electrons. The summed E-state index contributed by atoms with van der Waals surface area (Å²) in [6, 6.07) is 10.1. The first-order chi connectivity index (χ1) is 11.6. The van der Waals surface area contributed by atoms with Crippen molar-refractivity contribution in [1.29, 1.82) is 0 Å². The summed E-state index contributed by atoms with van der Waals surface area (Å²) in [5, 5.41) is 12.9. The van der Waals surface area contributed by atoms with Crippen molar-refractivity contribution >= 4 is 29.0 Å². The maximum absolute atomic E-state index is 13.8. The fourth-order valence-corrected chi connectivity index (χ4v) is 3.31. The van der Waals surface area contributed by atoms with Crippen LogP contribution in [0.5, 0.6) is 0 Å². The van der Waals surface area contributed by atoms with Gasteiger partial charge in [-0.05, 0) is 23.6 Å². The van der Waals surface area contributed by atoms with Crippen LogP contribution >= 0.6 is 23.1 Å². The van der Waals surface area contributed by atoms with Crippen molar-refractivity contribution < 1.29 is 9.18 Å². The lowest BCUT2D eigenvalue weighted by Crippen LogP contribution is -2.24. The molecule has 3 rings (SSSR count). The standard InChI is InChI=1S/C15H14FN5OS2/c16-12-6-2-1-5-11(12)14-19-20-15(21(14)17)24-9-13(22)18-8-10-4-3-7-23-10/h1-7H,8-9,17H2,(H,18,22). The zero-order valence-electron chi connectivity index (χ0n) is 12.5. The van der Waals surface area contributed by atoms with E-state index >= 15 is 0 Å². The maximum Gasteiger partial charge on any atom is 0.230 e. The van der Waals surface area contributed by atoms with Crippen molar-refractivity contribution in [3.05, 3.63) is 52.5 Å². The summed E-state index contributed by atoms with van der Waals surface area (Å²) in [6.45, 7) is 0.493. The number of nitrogens with one attached hydrogen (secondary N) is 1. The van der Waals surface area contributed by atoms with Gasteiger partial charge in [-0.2, -0.15) is 0 Å². The number of nitrogen functional groups attached to an aromatic ring is 1. The van der Waals surface area contributed by atoms with Gasteiger partial charge in [0.05, 0.1) is 17.9 Å². The molecule has 6 nitrogen and oxygen atoms in total. The Kier molecular flexibility index (Phi) is 5.11. The van der Waals surface area contributed by atoms with Crippen LogP contribution in [0.3, 0.4) is 0 Å². The van der Waals surface area contributed by atoms with Gasteiger partial charge >= 0.3 is 0 Å². The summed E-state index contributed by atoms with van der Waals surface area (Å²) < 4.78 is 15.0. The molecule has 0 unspecified atom stereocenters. The van der Waals surface area contributed by atoms with Crippen molar-refractivity contribution in [2.75, 3.05) is 11.6 Å². The molecule has 2 aromatic heterocycles. The van der Waals surface area contributed by atoms with E-state index < -0.39 is 5.82 Å². The van der Waals surface area contributed by atoms with E-state index in [2.05, 4.69) is 15.5 Å². The summed E-state index contributed by atoms with van der Waals surface area (Å²) in [5.74, 6) is 5.72. The predicted octanol–water partition coefficient (Wildman–Crippen LogP) is 2.27. The van der Waals surface area contributed by atoms with Gasteiger partial charge in [-0.3, -0.25) is 4.79 Å². The Morgan fingerprint density at radius 3 is 2.88 bits per heavy atom. The molecule has 124 valence electrons. The summed E-state index contributed by atoms with van der Waals surface area (Å²) in [7, 11) is 0. The number of hydrogen-bond acceptors (Lipinski definition) is 6. The van der Waals surface area contributed by atoms with Gasteiger partial charge < -0.3 is 11.2 Å². The number of carbonyl (C=O) groups excluding carboxylic acids is 1. The van der Waals surface area contributed by atoms with Gasteiger partial charge in [0.1, 0.15) is 5.82 Å². The molecule has 0 spiro atoms. The minimum atomic E-state index is -0.429. The SMILES string of the molecule is Nn1c(SCC(=O)NCc2cccs2)nnc1-c1ccccc1F. The fraction of sp³-hybridized carbons (Fsp3) is 0.133. The highest BCUT2D eigenvalue weighted by atomic mass is 32.2. The van der Waals surface area contributed by atoms with E-state index in [1.165, 1.54) is 10.7 Å². The molecule has 0 aliphatic carbocycles. The molecule has 1 aromatic carbocycles. The molecule has 0 fully saturated rings. The van der Waals surface area contributed by atoms with E-state index in [1.54, 1.807) is 29.5 Å². The summed E-state index contributed by atoms with van der Waals surface area (Å²) >= 11 is 2.73. The highest BCUT2D eigenvalue weighted by Gasteiger charge is 2.16. The zero-order valence-corrected chi connectivity index (χ0v) is 14.1. The Bertz CT molecular complexity index is 834. The first-order valence-electron chi connectivity index (χ1n) is 7.02. The molecule has 3 N–H and O–H groups in total. The average molecular weight is 363 g/mol. The largest absolute Gasteiger partial charge is 0.350 e. The van der Waals surface area contributed by atoms with Gasteiger partial charge in [0, 0.05) is 4.88 Å². The quantitative estimate of drug-likeness (QED) is 0.518. The molecular formula is C15H14FN5OS2. The van der Waals surface area contributed by atoms with E-state index in [0.717, 1.165) is 16.6 Å². The number of thiophene rings is 1.